The van der Waals surface area contributed by atoms with E-state index in [-0.39, 0.29) is 10.6 Å². The third-order valence-electron chi connectivity index (χ3n) is 1.43. The Labute approximate surface area is 85.1 Å². The summed E-state index contributed by atoms with van der Waals surface area (Å²) in [4.78, 5) is -1.25. The van der Waals surface area contributed by atoms with Gasteiger partial charge in [0, 0.05) is 5.69 Å². The molecule has 1 rings (SSSR count). The molecule has 14 heavy (non-hydrogen) atoms. The molecule has 0 saturated heterocycles. The van der Waals surface area contributed by atoms with Crippen molar-refractivity contribution in [2.75, 3.05) is 5.73 Å². The fraction of sp³-hybridized carbons (Fsp3) is 0.333. The summed E-state index contributed by atoms with van der Waals surface area (Å²) in [6.45, 7) is 2.95. The van der Waals surface area contributed by atoms with Crippen molar-refractivity contribution in [2.45, 2.75) is 23.7 Å². The number of rotatable bonds is 2. The van der Waals surface area contributed by atoms with E-state index in [0.717, 1.165) is 17.8 Å². The molecule has 0 radical (unpaired) electrons. The van der Waals surface area contributed by atoms with Crippen LogP contribution in [0.25, 0.3) is 0 Å². The third-order valence-corrected chi connectivity index (χ3v) is 2.55. The molecule has 0 spiro atoms. The Morgan fingerprint density at radius 2 is 1.93 bits per heavy atom. The summed E-state index contributed by atoms with van der Waals surface area (Å²) in [6.07, 6.45) is 0. The van der Waals surface area contributed by atoms with Crippen LogP contribution in [0.3, 0.4) is 0 Å². The summed E-state index contributed by atoms with van der Waals surface area (Å²) < 4.78 is 26.0. The van der Waals surface area contributed by atoms with Crippen LogP contribution in [-0.2, 0) is 0 Å². The molecule has 0 saturated carbocycles. The molecule has 0 atom stereocenters. The molecule has 2 nitrogen and oxygen atoms in total. The third kappa shape index (κ3) is 2.59. The number of halogens is 2. The Hall–Kier alpha value is -0.810. The highest BCUT2D eigenvalue weighted by atomic mass is 32.2. The second-order valence-corrected chi connectivity index (χ2v) is 4.94. The zero-order chi connectivity index (χ0) is 10.9. The van der Waals surface area contributed by atoms with Gasteiger partial charge in [-0.25, -0.2) is 8.78 Å². The van der Waals surface area contributed by atoms with Crippen molar-refractivity contribution in [3.05, 3.63) is 23.8 Å². The first-order valence-corrected chi connectivity index (χ1v) is 4.78. The van der Waals surface area contributed by atoms with Crippen LogP contribution in [0.15, 0.2) is 17.0 Å². The largest absolute Gasteiger partial charge is 0.398 e. The molecule has 0 aliphatic heterocycles. The lowest BCUT2D eigenvalue weighted by Crippen LogP contribution is -2.13. The van der Waals surface area contributed by atoms with Crippen LogP contribution in [0.1, 0.15) is 13.8 Å². The first kappa shape index (κ1) is 11.3. The van der Waals surface area contributed by atoms with E-state index in [0.29, 0.717) is 0 Å². The molecule has 1 aromatic rings. The number of hydrogen-bond acceptors (Lipinski definition) is 3. The minimum Gasteiger partial charge on any atom is -0.398 e. The fourth-order valence-electron chi connectivity index (χ4n) is 0.900. The van der Waals surface area contributed by atoms with Gasteiger partial charge in [0.05, 0.1) is 4.90 Å². The predicted molar refractivity (Wildman–Crippen MR) is 52.9 cm³/mol. The maximum Gasteiger partial charge on any atom is 0.174 e. The highest BCUT2D eigenvalue weighted by Gasteiger charge is 2.21. The zero-order valence-electron chi connectivity index (χ0n) is 7.84. The topological polar surface area (TPSA) is 46.2 Å². The van der Waals surface area contributed by atoms with Crippen molar-refractivity contribution < 1.29 is 13.9 Å². The molecule has 0 unspecified atom stereocenters. The van der Waals surface area contributed by atoms with E-state index in [1.165, 1.54) is 19.9 Å². The van der Waals surface area contributed by atoms with E-state index in [1.54, 1.807) is 0 Å². The Morgan fingerprint density at radius 3 is 2.43 bits per heavy atom. The van der Waals surface area contributed by atoms with Gasteiger partial charge in [0.1, 0.15) is 4.93 Å². The SMILES string of the molecule is CC(C)(O)Sc1c(N)ccc(F)c1F. The Morgan fingerprint density at radius 1 is 1.36 bits per heavy atom. The lowest BCUT2D eigenvalue weighted by atomic mass is 10.3. The van der Waals surface area contributed by atoms with Gasteiger partial charge in [-0.3, -0.25) is 0 Å². The number of aliphatic hydroxyl groups is 1. The average molecular weight is 219 g/mol. The van der Waals surface area contributed by atoms with Gasteiger partial charge in [0.2, 0.25) is 0 Å². The number of nitrogen functional groups attached to an aromatic ring is 1. The lowest BCUT2D eigenvalue weighted by molar-refractivity contribution is 0.179. The molecule has 0 heterocycles. The Kier molecular flexibility index (Phi) is 3.01. The maximum absolute atomic E-state index is 13.2. The van der Waals surface area contributed by atoms with E-state index >= 15 is 0 Å². The number of nitrogens with two attached hydrogens (primary N) is 1. The number of thioether (sulfide) groups is 1. The first-order valence-electron chi connectivity index (χ1n) is 3.96. The minimum absolute atomic E-state index is 0.0579. The molecule has 5 heteroatoms. The number of benzene rings is 1. The predicted octanol–water partition coefficient (Wildman–Crippen LogP) is 2.37. The molecule has 0 bridgehead atoms. The van der Waals surface area contributed by atoms with Gasteiger partial charge in [-0.2, -0.15) is 0 Å². The monoisotopic (exact) mass is 219 g/mol. The van der Waals surface area contributed by atoms with E-state index in [4.69, 9.17) is 5.73 Å². The van der Waals surface area contributed by atoms with Gasteiger partial charge in [0.15, 0.2) is 11.6 Å². The first-order chi connectivity index (χ1) is 6.31. The van der Waals surface area contributed by atoms with Crippen molar-refractivity contribution in [2.24, 2.45) is 0 Å². The lowest BCUT2D eigenvalue weighted by Gasteiger charge is -2.18. The molecule has 0 fully saturated rings. The summed E-state index contributed by atoms with van der Waals surface area (Å²) in [7, 11) is 0. The quantitative estimate of drug-likeness (QED) is 0.456. The Bertz CT molecular complexity index is 349. The van der Waals surface area contributed by atoms with Crippen LogP contribution >= 0.6 is 11.8 Å². The highest BCUT2D eigenvalue weighted by molar-refractivity contribution is 8.00. The smallest absolute Gasteiger partial charge is 0.174 e. The average Bonchev–Trinajstić information content (AvgIpc) is 2.04. The molecular formula is C9H11F2NOS. The van der Waals surface area contributed by atoms with Gasteiger partial charge in [-0.15, -0.1) is 0 Å². The molecule has 78 valence electrons. The molecule has 0 aliphatic carbocycles. The molecule has 1 aromatic carbocycles. The summed E-state index contributed by atoms with van der Waals surface area (Å²) in [5, 5.41) is 9.43. The number of anilines is 1. The van der Waals surface area contributed by atoms with E-state index in [9.17, 15) is 13.9 Å². The summed E-state index contributed by atoms with van der Waals surface area (Å²) in [5.41, 5.74) is 5.58. The van der Waals surface area contributed by atoms with Crippen LogP contribution in [-0.4, -0.2) is 10.0 Å². The fourth-order valence-corrected chi connectivity index (χ4v) is 1.77. The van der Waals surface area contributed by atoms with Crippen LogP contribution in [0.5, 0.6) is 0 Å². The van der Waals surface area contributed by atoms with Crippen molar-refractivity contribution >= 4 is 17.4 Å². The second-order valence-electron chi connectivity index (χ2n) is 3.33. The van der Waals surface area contributed by atoms with E-state index in [2.05, 4.69) is 0 Å². The van der Waals surface area contributed by atoms with Gasteiger partial charge < -0.3 is 10.8 Å². The van der Waals surface area contributed by atoms with Crippen LogP contribution in [0.4, 0.5) is 14.5 Å². The van der Waals surface area contributed by atoms with Gasteiger partial charge >= 0.3 is 0 Å². The molecule has 0 aliphatic rings. The van der Waals surface area contributed by atoms with Crippen molar-refractivity contribution in [3.63, 3.8) is 0 Å². The minimum atomic E-state index is -1.19. The van der Waals surface area contributed by atoms with Crippen LogP contribution < -0.4 is 5.73 Å². The van der Waals surface area contributed by atoms with Crippen molar-refractivity contribution in [3.8, 4) is 0 Å². The maximum atomic E-state index is 13.2. The van der Waals surface area contributed by atoms with Crippen molar-refractivity contribution in [1.29, 1.82) is 0 Å². The second kappa shape index (κ2) is 3.74. The highest BCUT2D eigenvalue weighted by Crippen LogP contribution is 2.36. The standard InChI is InChI=1S/C9H11F2NOS/c1-9(2,13)14-8-6(12)4-3-5(10)7(8)11/h3-4,13H,12H2,1-2H3. The zero-order valence-corrected chi connectivity index (χ0v) is 8.66. The van der Waals surface area contributed by atoms with E-state index < -0.39 is 16.6 Å². The normalized spacial score (nSPS) is 11.8. The van der Waals surface area contributed by atoms with Crippen LogP contribution in [0, 0.1) is 11.6 Å². The molecule has 0 amide bonds. The molecule has 0 aromatic heterocycles. The van der Waals surface area contributed by atoms with Gasteiger partial charge in [0.25, 0.3) is 0 Å². The molecular weight excluding hydrogens is 208 g/mol. The van der Waals surface area contributed by atoms with Crippen LogP contribution in [0.2, 0.25) is 0 Å². The Balaban J connectivity index is 3.13. The summed E-state index contributed by atoms with van der Waals surface area (Å²) in [6, 6.07) is 2.23. The van der Waals surface area contributed by atoms with Crippen molar-refractivity contribution in [1.82, 2.24) is 0 Å². The summed E-state index contributed by atoms with van der Waals surface area (Å²) >= 11 is 0.784. The number of hydrogen-bond donors (Lipinski definition) is 2. The molecule has 3 N–H and O–H groups in total. The van der Waals surface area contributed by atoms with Gasteiger partial charge in [-0.1, -0.05) is 11.8 Å². The summed E-state index contributed by atoms with van der Waals surface area (Å²) in [5.74, 6) is -1.98. The van der Waals surface area contributed by atoms with Gasteiger partial charge in [-0.05, 0) is 26.0 Å². The van der Waals surface area contributed by atoms with E-state index in [1.807, 2.05) is 0 Å².